The fourth-order valence-corrected chi connectivity index (χ4v) is 1.40. The van der Waals surface area contributed by atoms with Crippen LogP contribution in [0, 0.1) is 0 Å². The number of methoxy groups -OCH3 is 1. The number of thiophene rings is 1. The van der Waals surface area contributed by atoms with Crippen molar-refractivity contribution < 1.29 is 9.53 Å². The molecule has 0 bridgehead atoms. The van der Waals surface area contributed by atoms with E-state index in [1.807, 2.05) is 12.1 Å². The average molecular weight is 168 g/mol. The average Bonchev–Trinajstić information content (AvgIpc) is 2.48. The molecule has 0 aliphatic carbocycles. The fourth-order valence-electron chi connectivity index (χ4n) is 0.668. The molecule has 0 radical (unpaired) electrons. The first-order chi connectivity index (χ1) is 5.36. The number of aldehydes is 1. The number of hydrogen-bond acceptors (Lipinski definition) is 3. The van der Waals surface area contributed by atoms with Crippen LogP contribution in [0.4, 0.5) is 0 Å². The predicted octanol–water partition coefficient (Wildman–Crippen LogP) is 1.97. The van der Waals surface area contributed by atoms with Crippen molar-refractivity contribution in [2.24, 2.45) is 0 Å². The van der Waals surface area contributed by atoms with Gasteiger partial charge in [0, 0.05) is 4.88 Å². The summed E-state index contributed by atoms with van der Waals surface area (Å²) in [4.78, 5) is 11.0. The van der Waals surface area contributed by atoms with Crippen LogP contribution < -0.4 is 4.74 Å². The van der Waals surface area contributed by atoms with E-state index in [9.17, 15) is 4.79 Å². The molecule has 0 spiro atoms. The maximum Gasteiger partial charge on any atom is 0.173 e. The lowest BCUT2D eigenvalue weighted by atomic mass is 10.4. The Hall–Kier alpha value is -1.09. The van der Waals surface area contributed by atoms with E-state index in [2.05, 4.69) is 0 Å². The molecule has 0 N–H and O–H groups in total. The van der Waals surface area contributed by atoms with Crippen molar-refractivity contribution in [1.82, 2.24) is 0 Å². The number of allylic oxidation sites excluding steroid dienone is 1. The van der Waals surface area contributed by atoms with Crippen LogP contribution in [0.25, 0.3) is 6.08 Å². The van der Waals surface area contributed by atoms with Crippen LogP contribution in [0.1, 0.15) is 4.88 Å². The van der Waals surface area contributed by atoms with Crippen LogP contribution in [0.2, 0.25) is 0 Å². The highest BCUT2D eigenvalue weighted by Gasteiger charge is 1.93. The molecular weight excluding hydrogens is 160 g/mol. The Balaban J connectivity index is 2.72. The Morgan fingerprint density at radius 2 is 2.36 bits per heavy atom. The summed E-state index contributed by atoms with van der Waals surface area (Å²) in [6.45, 7) is 0. The van der Waals surface area contributed by atoms with E-state index in [1.165, 1.54) is 17.4 Å². The summed E-state index contributed by atoms with van der Waals surface area (Å²) < 4.78 is 4.97. The maximum atomic E-state index is 9.94. The number of carbonyl (C=O) groups is 1. The monoisotopic (exact) mass is 168 g/mol. The van der Waals surface area contributed by atoms with Gasteiger partial charge < -0.3 is 4.74 Å². The molecule has 0 saturated carbocycles. The molecule has 1 rings (SSSR count). The molecule has 0 aromatic carbocycles. The van der Waals surface area contributed by atoms with Gasteiger partial charge in [-0.1, -0.05) is 11.3 Å². The molecule has 58 valence electrons. The molecule has 0 aliphatic heterocycles. The Morgan fingerprint density at radius 1 is 1.55 bits per heavy atom. The molecule has 11 heavy (non-hydrogen) atoms. The number of ether oxygens (including phenoxy) is 1. The molecule has 2 nitrogen and oxygen atoms in total. The van der Waals surface area contributed by atoms with Gasteiger partial charge >= 0.3 is 0 Å². The highest BCUT2D eigenvalue weighted by molar-refractivity contribution is 7.14. The zero-order valence-corrected chi connectivity index (χ0v) is 6.93. The summed E-state index contributed by atoms with van der Waals surface area (Å²) in [7, 11) is 1.62. The largest absolute Gasteiger partial charge is 0.487 e. The SMILES string of the molecule is COc1ccc(C=CC=O)s1. The molecule has 0 amide bonds. The number of rotatable bonds is 3. The molecular formula is C8H8O2S. The smallest absolute Gasteiger partial charge is 0.173 e. The van der Waals surface area contributed by atoms with Gasteiger partial charge in [-0.3, -0.25) is 4.79 Å². The van der Waals surface area contributed by atoms with Gasteiger partial charge in [0.05, 0.1) is 7.11 Å². The second kappa shape index (κ2) is 3.93. The van der Waals surface area contributed by atoms with Crippen LogP contribution in [-0.4, -0.2) is 13.4 Å². The quantitative estimate of drug-likeness (QED) is 0.509. The summed E-state index contributed by atoms with van der Waals surface area (Å²) in [5.74, 6) is 0. The second-order valence-corrected chi connectivity index (χ2v) is 2.93. The lowest BCUT2D eigenvalue weighted by Crippen LogP contribution is -1.73. The highest BCUT2D eigenvalue weighted by Crippen LogP contribution is 2.24. The topological polar surface area (TPSA) is 26.3 Å². The molecule has 1 aromatic heterocycles. The molecule has 1 heterocycles. The standard InChI is InChI=1S/C8H8O2S/c1-10-8-5-4-7(11-8)3-2-6-9/h2-6H,1H3. The van der Waals surface area contributed by atoms with E-state index in [4.69, 9.17) is 4.74 Å². The predicted molar refractivity (Wildman–Crippen MR) is 46.0 cm³/mol. The second-order valence-electron chi connectivity index (χ2n) is 1.86. The molecule has 0 aliphatic rings. The Morgan fingerprint density at radius 3 is 2.91 bits per heavy atom. The molecule has 0 atom stereocenters. The first-order valence-electron chi connectivity index (χ1n) is 3.12. The van der Waals surface area contributed by atoms with Crippen LogP contribution in [0.15, 0.2) is 18.2 Å². The van der Waals surface area contributed by atoms with Crippen LogP contribution in [0.3, 0.4) is 0 Å². The van der Waals surface area contributed by atoms with Crippen molar-refractivity contribution in [3.8, 4) is 5.06 Å². The molecule has 0 unspecified atom stereocenters. The Bertz CT molecular complexity index is 263. The lowest BCUT2D eigenvalue weighted by Gasteiger charge is -1.87. The van der Waals surface area contributed by atoms with Crippen molar-refractivity contribution in [3.05, 3.63) is 23.1 Å². The van der Waals surface area contributed by atoms with Gasteiger partial charge in [0.1, 0.15) is 6.29 Å². The number of hydrogen-bond donors (Lipinski definition) is 0. The normalized spacial score (nSPS) is 10.3. The van der Waals surface area contributed by atoms with E-state index in [1.54, 1.807) is 13.2 Å². The molecule has 0 fully saturated rings. The minimum atomic E-state index is 0.756. The van der Waals surface area contributed by atoms with Gasteiger partial charge in [0.2, 0.25) is 0 Å². The van der Waals surface area contributed by atoms with Crippen LogP contribution >= 0.6 is 11.3 Å². The minimum Gasteiger partial charge on any atom is -0.487 e. The van der Waals surface area contributed by atoms with Gasteiger partial charge in [-0.25, -0.2) is 0 Å². The van der Waals surface area contributed by atoms with E-state index in [-0.39, 0.29) is 0 Å². The van der Waals surface area contributed by atoms with Gasteiger partial charge in [-0.2, -0.15) is 0 Å². The van der Waals surface area contributed by atoms with E-state index in [0.29, 0.717) is 0 Å². The van der Waals surface area contributed by atoms with Crippen LogP contribution in [-0.2, 0) is 4.79 Å². The van der Waals surface area contributed by atoms with Crippen molar-refractivity contribution in [3.63, 3.8) is 0 Å². The third kappa shape index (κ3) is 2.20. The van der Waals surface area contributed by atoms with Crippen molar-refractivity contribution >= 4 is 23.7 Å². The summed E-state index contributed by atoms with van der Waals surface area (Å²) >= 11 is 1.50. The Labute approximate surface area is 69.1 Å². The first-order valence-corrected chi connectivity index (χ1v) is 3.94. The van der Waals surface area contributed by atoms with Crippen molar-refractivity contribution in [1.29, 1.82) is 0 Å². The van der Waals surface area contributed by atoms with E-state index < -0.39 is 0 Å². The number of carbonyl (C=O) groups excluding carboxylic acids is 1. The van der Waals surface area contributed by atoms with E-state index >= 15 is 0 Å². The zero-order chi connectivity index (χ0) is 8.10. The first kappa shape index (κ1) is 8.01. The highest BCUT2D eigenvalue weighted by atomic mass is 32.1. The van der Waals surface area contributed by atoms with Crippen LogP contribution in [0.5, 0.6) is 5.06 Å². The fraction of sp³-hybridized carbons (Fsp3) is 0.125. The maximum absolute atomic E-state index is 9.94. The summed E-state index contributed by atoms with van der Waals surface area (Å²) in [5, 5.41) is 0.857. The zero-order valence-electron chi connectivity index (χ0n) is 6.11. The molecule has 1 aromatic rings. The third-order valence-electron chi connectivity index (χ3n) is 1.14. The Kier molecular flexibility index (Phi) is 2.86. The minimum absolute atomic E-state index is 0.756. The summed E-state index contributed by atoms with van der Waals surface area (Å²) in [6, 6.07) is 3.78. The van der Waals surface area contributed by atoms with Gasteiger partial charge in [0.25, 0.3) is 0 Å². The van der Waals surface area contributed by atoms with Gasteiger partial charge in [-0.15, -0.1) is 0 Å². The lowest BCUT2D eigenvalue weighted by molar-refractivity contribution is -0.104. The van der Waals surface area contributed by atoms with Gasteiger partial charge in [-0.05, 0) is 24.3 Å². The van der Waals surface area contributed by atoms with Crippen molar-refractivity contribution in [2.75, 3.05) is 7.11 Å². The van der Waals surface area contributed by atoms with Crippen molar-refractivity contribution in [2.45, 2.75) is 0 Å². The summed E-state index contributed by atoms with van der Waals surface area (Å²) in [6.07, 6.45) is 3.97. The third-order valence-corrected chi connectivity index (χ3v) is 2.15. The molecule has 3 heteroatoms. The summed E-state index contributed by atoms with van der Waals surface area (Å²) in [5.41, 5.74) is 0. The van der Waals surface area contributed by atoms with E-state index in [0.717, 1.165) is 16.2 Å². The molecule has 0 saturated heterocycles. The van der Waals surface area contributed by atoms with Gasteiger partial charge in [0.15, 0.2) is 5.06 Å².